The van der Waals surface area contributed by atoms with Crippen LogP contribution in [0.5, 0.6) is 0 Å². The van der Waals surface area contributed by atoms with Crippen molar-refractivity contribution in [3.05, 3.63) is 75.0 Å². The van der Waals surface area contributed by atoms with E-state index in [9.17, 15) is 24.5 Å². The standard InChI is InChI=1S/C25H27N5O5/c26-23(31)17-8-6-16(7-9-17)14-29-20-12-18(24(27)32)10-11-19(20)21(30(34)35)22(29)25(33)28-13-15-4-2-1-3-5-15/h6-12,15H,1-5,13-14H2,(H2,26,31)(H2,27,32)(H,28,33). The summed E-state index contributed by atoms with van der Waals surface area (Å²) in [6.45, 7) is 0.537. The molecule has 1 aromatic heterocycles. The molecule has 182 valence electrons. The van der Waals surface area contributed by atoms with Crippen LogP contribution in [-0.2, 0) is 6.54 Å². The van der Waals surface area contributed by atoms with Gasteiger partial charge in [-0.15, -0.1) is 0 Å². The summed E-state index contributed by atoms with van der Waals surface area (Å²) in [6, 6.07) is 10.7. The van der Waals surface area contributed by atoms with Crippen LogP contribution in [0.4, 0.5) is 5.69 Å². The van der Waals surface area contributed by atoms with Crippen molar-refractivity contribution in [3.8, 4) is 0 Å². The SMILES string of the molecule is NC(=O)c1ccc(Cn2c(C(=O)NCC3CCCCC3)c([N+](=O)[O-])c3ccc(C(N)=O)cc32)cc1. The van der Waals surface area contributed by atoms with E-state index >= 15 is 0 Å². The van der Waals surface area contributed by atoms with Crippen molar-refractivity contribution in [2.24, 2.45) is 17.4 Å². The zero-order valence-electron chi connectivity index (χ0n) is 19.2. The van der Waals surface area contributed by atoms with E-state index < -0.39 is 22.6 Å². The van der Waals surface area contributed by atoms with Gasteiger partial charge in [0.1, 0.15) is 0 Å². The molecule has 1 fully saturated rings. The lowest BCUT2D eigenvalue weighted by atomic mass is 9.89. The van der Waals surface area contributed by atoms with E-state index in [0.29, 0.717) is 29.1 Å². The summed E-state index contributed by atoms with van der Waals surface area (Å²) in [5, 5.41) is 15.2. The Balaban J connectivity index is 1.80. The normalized spacial score (nSPS) is 14.1. The van der Waals surface area contributed by atoms with E-state index in [-0.39, 0.29) is 28.9 Å². The van der Waals surface area contributed by atoms with Crippen LogP contribution in [0, 0.1) is 16.0 Å². The van der Waals surface area contributed by atoms with E-state index in [0.717, 1.165) is 25.7 Å². The van der Waals surface area contributed by atoms with Gasteiger partial charge in [0.2, 0.25) is 11.8 Å². The second-order valence-corrected chi connectivity index (χ2v) is 8.91. The molecule has 35 heavy (non-hydrogen) atoms. The maximum Gasteiger partial charge on any atom is 0.307 e. The summed E-state index contributed by atoms with van der Waals surface area (Å²) in [5.41, 5.74) is 11.9. The number of aromatic nitrogens is 1. The van der Waals surface area contributed by atoms with Gasteiger partial charge in [-0.3, -0.25) is 24.5 Å². The molecule has 0 unspecified atom stereocenters. The van der Waals surface area contributed by atoms with Gasteiger partial charge in [-0.05, 0) is 54.7 Å². The van der Waals surface area contributed by atoms with Crippen molar-refractivity contribution < 1.29 is 19.3 Å². The Morgan fingerprint density at radius 3 is 2.20 bits per heavy atom. The Bertz CT molecular complexity index is 1310. The van der Waals surface area contributed by atoms with Crippen LogP contribution in [0.3, 0.4) is 0 Å². The molecule has 3 aromatic rings. The predicted octanol–water partition coefficient (Wildman–Crippen LogP) is 3.11. The molecule has 2 aromatic carbocycles. The molecule has 0 spiro atoms. The van der Waals surface area contributed by atoms with E-state index in [2.05, 4.69) is 5.32 Å². The summed E-state index contributed by atoms with van der Waals surface area (Å²) in [7, 11) is 0. The first-order chi connectivity index (χ1) is 16.8. The molecule has 1 heterocycles. The first-order valence-corrected chi connectivity index (χ1v) is 11.5. The highest BCUT2D eigenvalue weighted by Gasteiger charge is 2.32. The minimum atomic E-state index is -0.684. The van der Waals surface area contributed by atoms with E-state index in [1.54, 1.807) is 24.3 Å². The molecule has 3 amide bonds. The van der Waals surface area contributed by atoms with E-state index in [1.165, 1.54) is 29.2 Å². The largest absolute Gasteiger partial charge is 0.366 e. The number of nitro groups is 1. The highest BCUT2D eigenvalue weighted by atomic mass is 16.6. The van der Waals surface area contributed by atoms with Crippen LogP contribution in [0.1, 0.15) is 68.9 Å². The van der Waals surface area contributed by atoms with Gasteiger partial charge in [0, 0.05) is 24.2 Å². The van der Waals surface area contributed by atoms with Gasteiger partial charge in [-0.25, -0.2) is 0 Å². The fourth-order valence-electron chi connectivity index (χ4n) is 4.73. The fraction of sp³-hybridized carbons (Fsp3) is 0.320. The number of rotatable bonds is 8. The van der Waals surface area contributed by atoms with Gasteiger partial charge >= 0.3 is 5.69 Å². The number of benzene rings is 2. The Morgan fingerprint density at radius 1 is 0.971 bits per heavy atom. The number of amides is 3. The monoisotopic (exact) mass is 477 g/mol. The number of carbonyl (C=O) groups excluding carboxylic acids is 3. The average Bonchev–Trinajstić information content (AvgIpc) is 3.17. The molecule has 1 aliphatic carbocycles. The second kappa shape index (κ2) is 9.96. The van der Waals surface area contributed by atoms with Crippen LogP contribution in [0.2, 0.25) is 0 Å². The van der Waals surface area contributed by atoms with Crippen molar-refractivity contribution in [2.45, 2.75) is 38.6 Å². The van der Waals surface area contributed by atoms with Crippen LogP contribution in [0.25, 0.3) is 10.9 Å². The van der Waals surface area contributed by atoms with E-state index in [1.807, 2.05) is 0 Å². The minimum absolute atomic E-state index is 0.0950. The second-order valence-electron chi connectivity index (χ2n) is 8.91. The van der Waals surface area contributed by atoms with Crippen molar-refractivity contribution in [3.63, 3.8) is 0 Å². The summed E-state index contributed by atoms with van der Waals surface area (Å²) < 4.78 is 1.52. The molecule has 0 aliphatic heterocycles. The highest BCUT2D eigenvalue weighted by molar-refractivity contribution is 6.08. The molecule has 0 saturated heterocycles. The molecule has 5 N–H and O–H groups in total. The zero-order chi connectivity index (χ0) is 25.1. The molecule has 10 heteroatoms. The quantitative estimate of drug-likeness (QED) is 0.335. The maximum atomic E-state index is 13.4. The zero-order valence-corrected chi connectivity index (χ0v) is 19.2. The van der Waals surface area contributed by atoms with Crippen LogP contribution >= 0.6 is 0 Å². The summed E-state index contributed by atoms with van der Waals surface area (Å²) in [5.74, 6) is -1.47. The summed E-state index contributed by atoms with van der Waals surface area (Å²) in [4.78, 5) is 48.1. The molecule has 1 saturated carbocycles. The Labute approximate surface area is 201 Å². The molecule has 10 nitrogen and oxygen atoms in total. The number of nitrogens with zero attached hydrogens (tertiary/aromatic N) is 2. The Hall–Kier alpha value is -4.21. The topological polar surface area (TPSA) is 163 Å². The molecule has 0 radical (unpaired) electrons. The third-order valence-corrected chi connectivity index (χ3v) is 6.58. The summed E-state index contributed by atoms with van der Waals surface area (Å²) >= 11 is 0. The first kappa shape index (κ1) is 23.9. The molecule has 0 atom stereocenters. The van der Waals surface area contributed by atoms with Crippen LogP contribution in [-0.4, -0.2) is 33.8 Å². The van der Waals surface area contributed by atoms with Crippen LogP contribution in [0.15, 0.2) is 42.5 Å². The molecular formula is C25H27N5O5. The summed E-state index contributed by atoms with van der Waals surface area (Å²) in [6.07, 6.45) is 5.43. The highest BCUT2D eigenvalue weighted by Crippen LogP contribution is 2.34. The lowest BCUT2D eigenvalue weighted by Crippen LogP contribution is -2.32. The molecule has 0 bridgehead atoms. The third kappa shape index (κ3) is 5.01. The third-order valence-electron chi connectivity index (χ3n) is 6.58. The molecule has 1 aliphatic rings. The average molecular weight is 478 g/mol. The van der Waals surface area contributed by atoms with Gasteiger partial charge in [-0.2, -0.15) is 0 Å². The number of nitrogens with two attached hydrogens (primary N) is 2. The number of fused-ring (bicyclic) bond motifs is 1. The van der Waals surface area contributed by atoms with E-state index in [4.69, 9.17) is 11.5 Å². The lowest BCUT2D eigenvalue weighted by molar-refractivity contribution is -0.383. The number of hydrogen-bond acceptors (Lipinski definition) is 5. The first-order valence-electron chi connectivity index (χ1n) is 11.5. The van der Waals surface area contributed by atoms with Crippen molar-refractivity contribution >= 4 is 34.3 Å². The van der Waals surface area contributed by atoms with Gasteiger partial charge < -0.3 is 21.4 Å². The number of nitrogens with one attached hydrogen (secondary N) is 1. The predicted molar refractivity (Wildman–Crippen MR) is 130 cm³/mol. The smallest absolute Gasteiger partial charge is 0.307 e. The van der Waals surface area contributed by atoms with Crippen molar-refractivity contribution in [1.29, 1.82) is 0 Å². The van der Waals surface area contributed by atoms with Gasteiger partial charge in [-0.1, -0.05) is 31.4 Å². The fourth-order valence-corrected chi connectivity index (χ4v) is 4.73. The lowest BCUT2D eigenvalue weighted by Gasteiger charge is -2.21. The van der Waals surface area contributed by atoms with Crippen molar-refractivity contribution in [1.82, 2.24) is 9.88 Å². The number of hydrogen-bond donors (Lipinski definition) is 3. The van der Waals surface area contributed by atoms with Gasteiger partial charge in [0.15, 0.2) is 5.69 Å². The van der Waals surface area contributed by atoms with Crippen molar-refractivity contribution in [2.75, 3.05) is 6.54 Å². The minimum Gasteiger partial charge on any atom is -0.366 e. The van der Waals surface area contributed by atoms with Gasteiger partial charge in [0.25, 0.3) is 5.91 Å². The van der Waals surface area contributed by atoms with Crippen LogP contribution < -0.4 is 16.8 Å². The maximum absolute atomic E-state index is 13.4. The Morgan fingerprint density at radius 2 is 1.60 bits per heavy atom. The number of primary amides is 2. The number of carbonyl (C=O) groups is 3. The molecular weight excluding hydrogens is 450 g/mol. The Kier molecular flexibility index (Phi) is 6.81. The molecule has 4 rings (SSSR count). The van der Waals surface area contributed by atoms with Gasteiger partial charge in [0.05, 0.1) is 15.8 Å².